The lowest BCUT2D eigenvalue weighted by Gasteiger charge is -2.27. The summed E-state index contributed by atoms with van der Waals surface area (Å²) in [5.41, 5.74) is 0.933. The average Bonchev–Trinajstić information content (AvgIpc) is 2.69. The zero-order valence-electron chi connectivity index (χ0n) is 15.1. The molecule has 1 aliphatic heterocycles. The zero-order chi connectivity index (χ0) is 19.1. The minimum absolute atomic E-state index is 0.107. The summed E-state index contributed by atoms with van der Waals surface area (Å²) in [5.74, 6) is 0.417. The van der Waals surface area contributed by atoms with Crippen LogP contribution in [0.4, 0.5) is 5.95 Å². The maximum absolute atomic E-state index is 12.4. The number of hydrogen-bond acceptors (Lipinski definition) is 7. The van der Waals surface area contributed by atoms with Crippen molar-refractivity contribution >= 4 is 17.8 Å². The fourth-order valence-corrected chi connectivity index (χ4v) is 2.76. The number of esters is 1. The van der Waals surface area contributed by atoms with Crippen LogP contribution in [0.1, 0.15) is 31.4 Å². The van der Waals surface area contributed by atoms with Crippen LogP contribution in [0.2, 0.25) is 0 Å². The van der Waals surface area contributed by atoms with Crippen LogP contribution >= 0.6 is 0 Å². The van der Waals surface area contributed by atoms with Crippen LogP contribution in [-0.4, -0.2) is 41.1 Å². The molecule has 1 aromatic carbocycles. The van der Waals surface area contributed by atoms with E-state index >= 15 is 0 Å². The van der Waals surface area contributed by atoms with Crippen molar-refractivity contribution in [2.75, 3.05) is 18.5 Å². The van der Waals surface area contributed by atoms with Gasteiger partial charge in [-0.05, 0) is 19.1 Å². The Labute approximate surface area is 157 Å². The summed E-state index contributed by atoms with van der Waals surface area (Å²) in [5, 5.41) is 5.85. The molecule has 0 spiro atoms. The summed E-state index contributed by atoms with van der Waals surface area (Å²) >= 11 is 0. The molecule has 2 unspecified atom stereocenters. The van der Waals surface area contributed by atoms with Crippen molar-refractivity contribution in [3.8, 4) is 5.75 Å². The van der Waals surface area contributed by atoms with E-state index in [9.17, 15) is 9.59 Å². The molecule has 1 aliphatic rings. The van der Waals surface area contributed by atoms with E-state index in [1.165, 1.54) is 0 Å². The third kappa shape index (κ3) is 5.16. The first kappa shape index (κ1) is 18.6. The number of carbonyl (C=O) groups is 2. The Bertz CT molecular complexity index is 784. The molecule has 27 heavy (non-hydrogen) atoms. The van der Waals surface area contributed by atoms with Crippen LogP contribution in [0.25, 0.3) is 0 Å². The molecule has 142 valence electrons. The van der Waals surface area contributed by atoms with Crippen molar-refractivity contribution in [2.45, 2.75) is 31.9 Å². The number of nitrogens with zero attached hydrogens (tertiary/aromatic N) is 2. The molecule has 2 heterocycles. The van der Waals surface area contributed by atoms with Crippen molar-refractivity contribution in [2.24, 2.45) is 0 Å². The van der Waals surface area contributed by atoms with Crippen LogP contribution in [0, 0.1) is 0 Å². The lowest BCUT2D eigenvalue weighted by Crippen LogP contribution is -2.39. The minimum atomic E-state index is -0.875. The van der Waals surface area contributed by atoms with E-state index < -0.39 is 12.1 Å². The second-order valence-electron chi connectivity index (χ2n) is 6.12. The number of hydrogen-bond donors (Lipinski definition) is 2. The molecule has 3 rings (SSSR count). The first-order valence-electron chi connectivity index (χ1n) is 8.86. The van der Waals surface area contributed by atoms with Crippen molar-refractivity contribution in [1.29, 1.82) is 0 Å². The minimum Gasteiger partial charge on any atom is -0.493 e. The number of para-hydroxylation sites is 1. The largest absolute Gasteiger partial charge is 0.493 e. The second kappa shape index (κ2) is 8.98. The Balaban J connectivity index is 1.44. The van der Waals surface area contributed by atoms with Gasteiger partial charge in [-0.1, -0.05) is 18.2 Å². The van der Waals surface area contributed by atoms with E-state index in [1.54, 1.807) is 25.4 Å². The summed E-state index contributed by atoms with van der Waals surface area (Å²) in [6.45, 7) is 2.42. The maximum Gasteiger partial charge on any atom is 0.308 e. The molecule has 0 radical (unpaired) electrons. The van der Waals surface area contributed by atoms with E-state index in [-0.39, 0.29) is 18.4 Å². The summed E-state index contributed by atoms with van der Waals surface area (Å²) in [7, 11) is 0. The fourth-order valence-electron chi connectivity index (χ4n) is 2.76. The Morgan fingerprint density at radius 3 is 2.85 bits per heavy atom. The highest BCUT2D eigenvalue weighted by Crippen LogP contribution is 2.31. The smallest absolute Gasteiger partial charge is 0.308 e. The van der Waals surface area contributed by atoms with E-state index in [1.807, 2.05) is 24.3 Å². The molecular weight excluding hydrogens is 348 g/mol. The molecule has 2 atom stereocenters. The fraction of sp³-hybridized carbons (Fsp3) is 0.368. The number of amides is 1. The van der Waals surface area contributed by atoms with Gasteiger partial charge < -0.3 is 20.1 Å². The molecule has 0 bridgehead atoms. The molecule has 8 heteroatoms. The molecule has 8 nitrogen and oxygen atoms in total. The molecule has 0 saturated carbocycles. The van der Waals surface area contributed by atoms with Gasteiger partial charge in [0.15, 0.2) is 6.10 Å². The number of anilines is 1. The topological polar surface area (TPSA) is 102 Å². The standard InChI is InChI=1S/C19H22N4O4/c1-13(27-17(24)7-11-22-19-20-9-4-10-21-19)18(25)23-15-8-12-26-16-6-3-2-5-14(15)16/h2-6,9-10,13,15H,7-8,11-12H2,1H3,(H,23,25)(H,20,21,22). The normalized spacial score (nSPS) is 16.4. The van der Waals surface area contributed by atoms with Crippen LogP contribution in [0.3, 0.4) is 0 Å². The average molecular weight is 370 g/mol. The molecule has 2 N–H and O–H groups in total. The van der Waals surface area contributed by atoms with Crippen molar-refractivity contribution < 1.29 is 19.1 Å². The number of fused-ring (bicyclic) bond motifs is 1. The number of aromatic nitrogens is 2. The van der Waals surface area contributed by atoms with Gasteiger partial charge in [-0.25, -0.2) is 9.97 Å². The molecule has 1 aromatic heterocycles. The number of benzene rings is 1. The Hall–Kier alpha value is -3.16. The van der Waals surface area contributed by atoms with Gasteiger partial charge in [0.25, 0.3) is 5.91 Å². The molecule has 0 saturated heterocycles. The van der Waals surface area contributed by atoms with Gasteiger partial charge in [-0.15, -0.1) is 0 Å². The van der Waals surface area contributed by atoms with Gasteiger partial charge in [0.2, 0.25) is 5.95 Å². The van der Waals surface area contributed by atoms with Crippen LogP contribution in [-0.2, 0) is 14.3 Å². The highest BCUT2D eigenvalue weighted by atomic mass is 16.5. The predicted molar refractivity (Wildman–Crippen MR) is 98.1 cm³/mol. The highest BCUT2D eigenvalue weighted by Gasteiger charge is 2.26. The Morgan fingerprint density at radius 1 is 1.26 bits per heavy atom. The highest BCUT2D eigenvalue weighted by molar-refractivity contribution is 5.83. The van der Waals surface area contributed by atoms with Crippen molar-refractivity contribution in [3.05, 3.63) is 48.3 Å². The third-order valence-corrected chi connectivity index (χ3v) is 4.13. The van der Waals surface area contributed by atoms with Gasteiger partial charge in [-0.3, -0.25) is 9.59 Å². The lowest BCUT2D eigenvalue weighted by molar-refractivity contribution is -0.154. The zero-order valence-corrected chi connectivity index (χ0v) is 15.1. The number of ether oxygens (including phenoxy) is 2. The first-order chi connectivity index (χ1) is 13.1. The monoisotopic (exact) mass is 370 g/mol. The van der Waals surface area contributed by atoms with Crippen LogP contribution < -0.4 is 15.4 Å². The maximum atomic E-state index is 12.4. The lowest BCUT2D eigenvalue weighted by atomic mass is 10.0. The SMILES string of the molecule is CC(OC(=O)CCNc1ncccn1)C(=O)NC1CCOc2ccccc21. The molecule has 0 aliphatic carbocycles. The second-order valence-corrected chi connectivity index (χ2v) is 6.12. The van der Waals surface area contributed by atoms with Crippen LogP contribution in [0.5, 0.6) is 5.75 Å². The number of carbonyl (C=O) groups excluding carboxylic acids is 2. The van der Waals surface area contributed by atoms with Crippen molar-refractivity contribution in [3.63, 3.8) is 0 Å². The predicted octanol–water partition coefficient (Wildman–Crippen LogP) is 1.85. The van der Waals surface area contributed by atoms with Gasteiger partial charge in [0.05, 0.1) is 19.1 Å². The molecular formula is C19H22N4O4. The quantitative estimate of drug-likeness (QED) is 0.717. The Kier molecular flexibility index (Phi) is 6.19. The summed E-state index contributed by atoms with van der Waals surface area (Å²) < 4.78 is 10.8. The summed E-state index contributed by atoms with van der Waals surface area (Å²) in [4.78, 5) is 32.3. The first-order valence-corrected chi connectivity index (χ1v) is 8.86. The summed E-state index contributed by atoms with van der Waals surface area (Å²) in [6, 6.07) is 9.15. The molecule has 2 aromatic rings. The van der Waals surface area contributed by atoms with Gasteiger partial charge in [0.1, 0.15) is 5.75 Å². The molecule has 0 fully saturated rings. The van der Waals surface area contributed by atoms with Gasteiger partial charge >= 0.3 is 5.97 Å². The Morgan fingerprint density at radius 2 is 2.04 bits per heavy atom. The third-order valence-electron chi connectivity index (χ3n) is 4.13. The van der Waals surface area contributed by atoms with E-state index in [2.05, 4.69) is 20.6 Å². The van der Waals surface area contributed by atoms with Crippen LogP contribution in [0.15, 0.2) is 42.7 Å². The number of rotatable bonds is 7. The van der Waals surface area contributed by atoms with E-state index in [0.29, 0.717) is 25.5 Å². The van der Waals surface area contributed by atoms with E-state index in [0.717, 1.165) is 11.3 Å². The van der Waals surface area contributed by atoms with Crippen molar-refractivity contribution in [1.82, 2.24) is 15.3 Å². The van der Waals surface area contributed by atoms with E-state index in [4.69, 9.17) is 9.47 Å². The molecule has 1 amide bonds. The summed E-state index contributed by atoms with van der Waals surface area (Å²) in [6.07, 6.45) is 3.11. The number of nitrogens with one attached hydrogen (secondary N) is 2. The van der Waals surface area contributed by atoms with Gasteiger partial charge in [0, 0.05) is 30.9 Å². The van der Waals surface area contributed by atoms with Gasteiger partial charge in [-0.2, -0.15) is 0 Å².